The summed E-state index contributed by atoms with van der Waals surface area (Å²) < 4.78 is 1.75. The summed E-state index contributed by atoms with van der Waals surface area (Å²) in [5.41, 5.74) is 0.218. The topological polar surface area (TPSA) is 75.4 Å². The first-order valence-corrected chi connectivity index (χ1v) is 6.40. The zero-order chi connectivity index (χ0) is 14.0. The molecule has 1 saturated heterocycles. The van der Waals surface area contributed by atoms with Crippen LogP contribution in [0.1, 0.15) is 25.5 Å². The highest BCUT2D eigenvalue weighted by Gasteiger charge is 2.41. The van der Waals surface area contributed by atoms with E-state index in [9.17, 15) is 9.59 Å². The van der Waals surface area contributed by atoms with Gasteiger partial charge in [0, 0.05) is 38.4 Å². The maximum atomic E-state index is 12.1. The van der Waals surface area contributed by atoms with E-state index in [2.05, 4.69) is 5.10 Å². The van der Waals surface area contributed by atoms with Gasteiger partial charge in [-0.1, -0.05) is 0 Å². The Morgan fingerprint density at radius 2 is 2.26 bits per heavy atom. The van der Waals surface area contributed by atoms with E-state index >= 15 is 0 Å². The van der Waals surface area contributed by atoms with Crippen LogP contribution in [0.3, 0.4) is 0 Å². The highest BCUT2D eigenvalue weighted by atomic mass is 16.4. The number of nitrogens with zero attached hydrogens (tertiary/aromatic N) is 3. The number of aryl methyl sites for hydroxylation is 2. The maximum absolute atomic E-state index is 12.1. The van der Waals surface area contributed by atoms with Crippen molar-refractivity contribution < 1.29 is 14.7 Å². The molecule has 1 atom stereocenters. The summed E-state index contributed by atoms with van der Waals surface area (Å²) >= 11 is 0. The Morgan fingerprint density at radius 1 is 1.53 bits per heavy atom. The summed E-state index contributed by atoms with van der Waals surface area (Å²) in [6.45, 7) is 2.54. The first kappa shape index (κ1) is 13.6. The lowest BCUT2D eigenvalue weighted by Gasteiger charge is -2.20. The van der Waals surface area contributed by atoms with Crippen molar-refractivity contribution >= 4 is 11.9 Å². The summed E-state index contributed by atoms with van der Waals surface area (Å²) in [6.07, 6.45) is 3.27. The average Bonchev–Trinajstić information content (AvgIpc) is 2.94. The first-order chi connectivity index (χ1) is 8.92. The van der Waals surface area contributed by atoms with Crippen LogP contribution < -0.4 is 0 Å². The summed E-state index contributed by atoms with van der Waals surface area (Å²) in [7, 11) is 1.84. The van der Waals surface area contributed by atoms with E-state index in [0.29, 0.717) is 32.4 Å². The molecule has 1 aromatic heterocycles. The van der Waals surface area contributed by atoms with Crippen LogP contribution in [0.2, 0.25) is 0 Å². The molecule has 1 aromatic rings. The third-order valence-corrected chi connectivity index (χ3v) is 3.86. The lowest BCUT2D eigenvalue weighted by Crippen LogP contribution is -2.35. The Labute approximate surface area is 112 Å². The highest BCUT2D eigenvalue weighted by Crippen LogP contribution is 2.30. The van der Waals surface area contributed by atoms with Crippen molar-refractivity contribution in [2.45, 2.75) is 26.2 Å². The molecule has 2 rings (SSSR count). The second kappa shape index (κ2) is 5.03. The van der Waals surface area contributed by atoms with Crippen molar-refractivity contribution in [2.24, 2.45) is 12.5 Å². The van der Waals surface area contributed by atoms with Crippen LogP contribution in [-0.4, -0.2) is 44.8 Å². The van der Waals surface area contributed by atoms with Crippen LogP contribution in [0.15, 0.2) is 12.3 Å². The number of hydrogen-bond donors (Lipinski definition) is 1. The fourth-order valence-electron chi connectivity index (χ4n) is 2.39. The molecule has 0 saturated carbocycles. The van der Waals surface area contributed by atoms with Crippen LogP contribution in [0.25, 0.3) is 0 Å². The molecule has 0 radical (unpaired) electrons. The van der Waals surface area contributed by atoms with Gasteiger partial charge in [0.1, 0.15) is 0 Å². The number of carbonyl (C=O) groups is 2. The van der Waals surface area contributed by atoms with Crippen LogP contribution in [0, 0.1) is 5.41 Å². The van der Waals surface area contributed by atoms with E-state index in [1.807, 2.05) is 13.1 Å². The van der Waals surface area contributed by atoms with Gasteiger partial charge in [-0.3, -0.25) is 14.3 Å². The van der Waals surface area contributed by atoms with Gasteiger partial charge in [0.05, 0.1) is 5.41 Å². The van der Waals surface area contributed by atoms with Crippen LogP contribution in [-0.2, 0) is 23.1 Å². The van der Waals surface area contributed by atoms with E-state index in [4.69, 9.17) is 5.11 Å². The van der Waals surface area contributed by atoms with Gasteiger partial charge in [-0.2, -0.15) is 5.10 Å². The Morgan fingerprint density at radius 3 is 2.79 bits per heavy atom. The lowest BCUT2D eigenvalue weighted by atomic mass is 9.90. The Hall–Kier alpha value is -1.85. The summed E-state index contributed by atoms with van der Waals surface area (Å²) in [5, 5.41) is 13.2. The zero-order valence-electron chi connectivity index (χ0n) is 11.3. The molecule has 6 heteroatoms. The molecule has 1 N–H and O–H groups in total. The van der Waals surface area contributed by atoms with Crippen molar-refractivity contribution in [1.29, 1.82) is 0 Å². The molecule has 19 heavy (non-hydrogen) atoms. The predicted octanol–water partition coefficient (Wildman–Crippen LogP) is 0.676. The Balaban J connectivity index is 1.89. The van der Waals surface area contributed by atoms with Crippen LogP contribution in [0.4, 0.5) is 0 Å². The first-order valence-electron chi connectivity index (χ1n) is 6.40. The Bertz CT molecular complexity index is 497. The van der Waals surface area contributed by atoms with Crippen molar-refractivity contribution in [3.05, 3.63) is 18.0 Å². The highest BCUT2D eigenvalue weighted by molar-refractivity contribution is 5.80. The van der Waals surface area contributed by atoms with E-state index in [0.717, 1.165) is 5.69 Å². The molecule has 1 unspecified atom stereocenters. The van der Waals surface area contributed by atoms with Crippen molar-refractivity contribution in [3.8, 4) is 0 Å². The number of carboxylic acids is 1. The van der Waals surface area contributed by atoms with Gasteiger partial charge in [-0.15, -0.1) is 0 Å². The summed E-state index contributed by atoms with van der Waals surface area (Å²) in [5.74, 6) is -0.805. The number of amides is 1. The zero-order valence-corrected chi connectivity index (χ0v) is 11.3. The quantitative estimate of drug-likeness (QED) is 0.868. The van der Waals surface area contributed by atoms with Crippen LogP contribution in [0.5, 0.6) is 0 Å². The summed E-state index contributed by atoms with van der Waals surface area (Å²) in [4.78, 5) is 24.9. The number of rotatable bonds is 4. The standard InChI is InChI=1S/C13H19N3O3/c1-13(12(18)19)6-8-16(9-13)11(17)4-3-10-5-7-14-15(10)2/h5,7H,3-4,6,8-9H2,1-2H3,(H,18,19). The maximum Gasteiger partial charge on any atom is 0.311 e. The van der Waals surface area contributed by atoms with E-state index < -0.39 is 11.4 Å². The normalized spacial score (nSPS) is 22.7. The molecule has 0 bridgehead atoms. The smallest absolute Gasteiger partial charge is 0.311 e. The second-order valence-corrected chi connectivity index (χ2v) is 5.38. The minimum Gasteiger partial charge on any atom is -0.481 e. The van der Waals surface area contributed by atoms with Gasteiger partial charge in [0.2, 0.25) is 5.91 Å². The van der Waals surface area contributed by atoms with Crippen molar-refractivity contribution in [1.82, 2.24) is 14.7 Å². The molecule has 1 amide bonds. The second-order valence-electron chi connectivity index (χ2n) is 5.38. The molecule has 0 spiro atoms. The largest absolute Gasteiger partial charge is 0.481 e. The third-order valence-electron chi connectivity index (χ3n) is 3.86. The number of aromatic nitrogens is 2. The fraction of sp³-hybridized carbons (Fsp3) is 0.615. The van der Waals surface area contributed by atoms with Gasteiger partial charge in [-0.05, 0) is 25.8 Å². The van der Waals surface area contributed by atoms with Gasteiger partial charge in [0.15, 0.2) is 0 Å². The average molecular weight is 265 g/mol. The number of carbonyl (C=O) groups excluding carboxylic acids is 1. The molecule has 6 nitrogen and oxygen atoms in total. The van der Waals surface area contributed by atoms with Gasteiger partial charge >= 0.3 is 5.97 Å². The minimum atomic E-state index is -0.825. The molecular weight excluding hydrogens is 246 g/mol. The molecule has 2 heterocycles. The van der Waals surface area contributed by atoms with E-state index in [1.54, 1.807) is 22.7 Å². The van der Waals surface area contributed by atoms with Gasteiger partial charge < -0.3 is 10.0 Å². The molecule has 1 aliphatic heterocycles. The monoisotopic (exact) mass is 265 g/mol. The fourth-order valence-corrected chi connectivity index (χ4v) is 2.39. The predicted molar refractivity (Wildman–Crippen MR) is 68.5 cm³/mol. The lowest BCUT2D eigenvalue weighted by molar-refractivity contribution is -0.147. The third kappa shape index (κ3) is 2.77. The molecular formula is C13H19N3O3. The van der Waals surface area contributed by atoms with Gasteiger partial charge in [0.25, 0.3) is 0 Å². The minimum absolute atomic E-state index is 0.0196. The van der Waals surface area contributed by atoms with E-state index in [1.165, 1.54) is 0 Å². The number of hydrogen-bond acceptors (Lipinski definition) is 3. The van der Waals surface area contributed by atoms with Crippen molar-refractivity contribution in [3.63, 3.8) is 0 Å². The van der Waals surface area contributed by atoms with E-state index in [-0.39, 0.29) is 5.91 Å². The number of aliphatic carboxylic acids is 1. The van der Waals surface area contributed by atoms with Crippen molar-refractivity contribution in [2.75, 3.05) is 13.1 Å². The van der Waals surface area contributed by atoms with Gasteiger partial charge in [-0.25, -0.2) is 0 Å². The number of likely N-dealkylation sites (tertiary alicyclic amines) is 1. The summed E-state index contributed by atoms with van der Waals surface area (Å²) in [6, 6.07) is 1.89. The molecule has 0 aliphatic carbocycles. The van der Waals surface area contributed by atoms with Crippen LogP contribution >= 0.6 is 0 Å². The molecule has 104 valence electrons. The Kier molecular flexibility index (Phi) is 3.59. The molecule has 0 aromatic carbocycles. The number of carboxylic acid groups (broad SMARTS) is 1. The molecule has 1 fully saturated rings. The SMILES string of the molecule is Cn1nccc1CCC(=O)N1CCC(C)(C(=O)O)C1. The molecule has 1 aliphatic rings.